The Morgan fingerprint density at radius 3 is 2.75 bits per heavy atom. The Morgan fingerprint density at radius 2 is 2.00 bits per heavy atom. The van der Waals surface area contributed by atoms with Crippen LogP contribution < -0.4 is 10.2 Å². The van der Waals surface area contributed by atoms with E-state index in [1.807, 2.05) is 19.1 Å². The lowest BCUT2D eigenvalue weighted by atomic mass is 9.97. The van der Waals surface area contributed by atoms with E-state index in [1.165, 1.54) is 13.2 Å². The molecule has 0 fully saturated rings. The number of nitrogens with zero attached hydrogens (tertiary/aromatic N) is 2. The number of phenols is 1. The van der Waals surface area contributed by atoms with Crippen LogP contribution in [0.15, 0.2) is 70.1 Å². The van der Waals surface area contributed by atoms with E-state index in [0.29, 0.717) is 16.5 Å². The van der Waals surface area contributed by atoms with E-state index < -0.39 is 6.04 Å². The Labute approximate surface area is 183 Å². The number of rotatable bonds is 4. The molecule has 0 saturated heterocycles. The van der Waals surface area contributed by atoms with Crippen molar-refractivity contribution < 1.29 is 19.1 Å². The van der Waals surface area contributed by atoms with Crippen molar-refractivity contribution in [2.24, 2.45) is 0 Å². The highest BCUT2D eigenvalue weighted by Gasteiger charge is 2.43. The minimum absolute atomic E-state index is 0.0271. The molecule has 0 radical (unpaired) electrons. The summed E-state index contributed by atoms with van der Waals surface area (Å²) in [5.74, 6) is -0.112. The van der Waals surface area contributed by atoms with Crippen LogP contribution in [0, 0.1) is 6.92 Å². The van der Waals surface area contributed by atoms with Gasteiger partial charge in [0.2, 0.25) is 5.76 Å². The molecule has 5 rings (SSSR count). The highest BCUT2D eigenvalue weighted by molar-refractivity contribution is 5.99. The molecule has 160 valence electrons. The number of carbonyl (C=O) groups excluding carboxylic acids is 1. The summed E-state index contributed by atoms with van der Waals surface area (Å²) >= 11 is 0. The molecule has 0 bridgehead atoms. The summed E-state index contributed by atoms with van der Waals surface area (Å²) in [5, 5.41) is 10.5. The number of ether oxygens (including phenoxy) is 1. The van der Waals surface area contributed by atoms with Crippen LogP contribution in [0.25, 0.3) is 11.0 Å². The SMILES string of the molecule is COc1cc([C@H]2c3c(oc4ccc(C)cc4c3=O)C(=O)N2Cc2cccnc2)ccc1O. The maximum atomic E-state index is 13.6. The van der Waals surface area contributed by atoms with Gasteiger partial charge in [-0.05, 0) is 48.4 Å². The third-order valence-corrected chi connectivity index (χ3v) is 5.72. The molecule has 32 heavy (non-hydrogen) atoms. The number of aromatic nitrogens is 1. The molecule has 1 amide bonds. The predicted octanol–water partition coefficient (Wildman–Crippen LogP) is 3.96. The molecule has 0 aliphatic carbocycles. The van der Waals surface area contributed by atoms with E-state index in [2.05, 4.69) is 4.98 Å². The van der Waals surface area contributed by atoms with Gasteiger partial charge in [-0.3, -0.25) is 14.6 Å². The van der Waals surface area contributed by atoms with Crippen molar-refractivity contribution in [3.63, 3.8) is 0 Å². The molecule has 0 saturated carbocycles. The minimum Gasteiger partial charge on any atom is -0.504 e. The molecule has 0 spiro atoms. The van der Waals surface area contributed by atoms with Crippen LogP contribution in [0.3, 0.4) is 0 Å². The number of methoxy groups -OCH3 is 1. The van der Waals surface area contributed by atoms with Crippen LogP contribution in [-0.2, 0) is 6.54 Å². The van der Waals surface area contributed by atoms with Gasteiger partial charge in [-0.15, -0.1) is 0 Å². The number of phenolic OH excluding ortho intramolecular Hbond substituents is 1. The van der Waals surface area contributed by atoms with Gasteiger partial charge in [-0.25, -0.2) is 0 Å². The zero-order valence-corrected chi connectivity index (χ0v) is 17.5. The number of benzene rings is 2. The van der Waals surface area contributed by atoms with Crippen LogP contribution in [-0.4, -0.2) is 28.0 Å². The maximum absolute atomic E-state index is 13.6. The van der Waals surface area contributed by atoms with E-state index in [4.69, 9.17) is 9.15 Å². The van der Waals surface area contributed by atoms with Gasteiger partial charge in [0, 0.05) is 18.9 Å². The second-order valence-corrected chi connectivity index (χ2v) is 7.80. The van der Waals surface area contributed by atoms with Gasteiger partial charge in [0.25, 0.3) is 5.91 Å². The molecule has 1 aliphatic heterocycles. The summed E-state index contributed by atoms with van der Waals surface area (Å²) in [6.45, 7) is 2.13. The summed E-state index contributed by atoms with van der Waals surface area (Å²) < 4.78 is 11.2. The second-order valence-electron chi connectivity index (χ2n) is 7.80. The van der Waals surface area contributed by atoms with Crippen molar-refractivity contribution in [2.45, 2.75) is 19.5 Å². The Kier molecular flexibility index (Phi) is 4.66. The standard InChI is InChI=1S/C25H20N2O5/c1-14-5-8-19-17(10-14)23(29)21-22(16-6-7-18(28)20(11-16)31-2)27(25(30)24(21)32-19)13-15-4-3-9-26-12-15/h3-12,22,28H,13H2,1-2H3/t22-/m0/s1. The summed E-state index contributed by atoms with van der Waals surface area (Å²) in [6.07, 6.45) is 3.34. The summed E-state index contributed by atoms with van der Waals surface area (Å²) in [5.41, 5.74) is 2.78. The molecular weight excluding hydrogens is 408 g/mol. The van der Waals surface area contributed by atoms with Gasteiger partial charge in [-0.2, -0.15) is 0 Å². The molecule has 0 unspecified atom stereocenters. The number of pyridine rings is 1. The maximum Gasteiger partial charge on any atom is 0.291 e. The molecule has 3 heterocycles. The summed E-state index contributed by atoms with van der Waals surface area (Å²) in [6, 6.07) is 13.1. The van der Waals surface area contributed by atoms with Gasteiger partial charge in [0.05, 0.1) is 24.1 Å². The first kappa shape index (κ1) is 19.8. The number of hydrogen-bond acceptors (Lipinski definition) is 6. The zero-order chi connectivity index (χ0) is 22.4. The fraction of sp³-hybridized carbons (Fsp3) is 0.160. The van der Waals surface area contributed by atoms with Crippen LogP contribution >= 0.6 is 0 Å². The van der Waals surface area contributed by atoms with E-state index >= 15 is 0 Å². The predicted molar refractivity (Wildman–Crippen MR) is 118 cm³/mol. The first-order valence-corrected chi connectivity index (χ1v) is 10.1. The molecule has 1 aliphatic rings. The molecule has 1 atom stereocenters. The van der Waals surface area contributed by atoms with Crippen molar-refractivity contribution >= 4 is 16.9 Å². The van der Waals surface area contributed by atoms with Crippen LogP contribution in [0.1, 0.15) is 38.9 Å². The first-order chi connectivity index (χ1) is 15.5. The molecule has 1 N–H and O–H groups in total. The monoisotopic (exact) mass is 428 g/mol. The van der Waals surface area contributed by atoms with Crippen LogP contribution in [0.4, 0.5) is 0 Å². The fourth-order valence-corrected chi connectivity index (χ4v) is 4.20. The summed E-state index contributed by atoms with van der Waals surface area (Å²) in [4.78, 5) is 32.8. The fourth-order valence-electron chi connectivity index (χ4n) is 4.20. The Hall–Kier alpha value is -4.13. The molecule has 4 aromatic rings. The molecular formula is C25H20N2O5. The van der Waals surface area contributed by atoms with E-state index in [-0.39, 0.29) is 40.7 Å². The molecule has 2 aromatic heterocycles. The normalized spacial score (nSPS) is 15.2. The number of carbonyl (C=O) groups is 1. The smallest absolute Gasteiger partial charge is 0.291 e. The lowest BCUT2D eigenvalue weighted by molar-refractivity contribution is 0.0714. The van der Waals surface area contributed by atoms with E-state index in [9.17, 15) is 14.7 Å². The quantitative estimate of drug-likeness (QED) is 0.529. The largest absolute Gasteiger partial charge is 0.504 e. The number of fused-ring (bicyclic) bond motifs is 2. The highest BCUT2D eigenvalue weighted by atomic mass is 16.5. The van der Waals surface area contributed by atoms with Crippen LogP contribution in [0.5, 0.6) is 11.5 Å². The van der Waals surface area contributed by atoms with Crippen molar-refractivity contribution in [1.82, 2.24) is 9.88 Å². The third-order valence-electron chi connectivity index (χ3n) is 5.72. The number of amides is 1. The topological polar surface area (TPSA) is 92.9 Å². The average Bonchev–Trinajstić information content (AvgIpc) is 3.07. The van der Waals surface area contributed by atoms with Crippen molar-refractivity contribution in [2.75, 3.05) is 7.11 Å². The lowest BCUT2D eigenvalue weighted by Gasteiger charge is -2.25. The van der Waals surface area contributed by atoms with Crippen molar-refractivity contribution in [1.29, 1.82) is 0 Å². The highest BCUT2D eigenvalue weighted by Crippen LogP contribution is 2.41. The van der Waals surface area contributed by atoms with Crippen molar-refractivity contribution in [3.05, 3.63) is 99.2 Å². The van der Waals surface area contributed by atoms with Gasteiger partial charge in [0.15, 0.2) is 16.9 Å². The van der Waals surface area contributed by atoms with Crippen molar-refractivity contribution in [3.8, 4) is 11.5 Å². The molecule has 7 heteroatoms. The van der Waals surface area contributed by atoms with E-state index in [1.54, 1.807) is 47.6 Å². The Morgan fingerprint density at radius 1 is 1.16 bits per heavy atom. The Balaban J connectivity index is 1.75. The minimum atomic E-state index is -0.701. The van der Waals surface area contributed by atoms with Gasteiger partial charge in [-0.1, -0.05) is 23.8 Å². The molecule has 7 nitrogen and oxygen atoms in total. The average molecular weight is 428 g/mol. The van der Waals surface area contributed by atoms with Gasteiger partial charge >= 0.3 is 0 Å². The van der Waals surface area contributed by atoms with Gasteiger partial charge < -0.3 is 19.2 Å². The first-order valence-electron chi connectivity index (χ1n) is 10.1. The van der Waals surface area contributed by atoms with Crippen LogP contribution in [0.2, 0.25) is 0 Å². The number of aryl methyl sites for hydroxylation is 1. The molecule has 2 aromatic carbocycles. The van der Waals surface area contributed by atoms with E-state index in [0.717, 1.165) is 11.1 Å². The number of aromatic hydroxyl groups is 1. The summed E-state index contributed by atoms with van der Waals surface area (Å²) in [7, 11) is 1.45. The number of hydrogen-bond donors (Lipinski definition) is 1. The lowest BCUT2D eigenvalue weighted by Crippen LogP contribution is -2.29. The second kappa shape index (κ2) is 7.53. The Bertz CT molecular complexity index is 1410. The third kappa shape index (κ3) is 3.10. The van der Waals surface area contributed by atoms with Gasteiger partial charge in [0.1, 0.15) is 5.58 Å². The zero-order valence-electron chi connectivity index (χ0n) is 17.5.